The second kappa shape index (κ2) is 75.5. The largest absolute Gasteiger partial charge is 0.466 e. The first-order chi connectivity index (χ1) is 42.5. The Morgan fingerprint density at radius 2 is 0.581 bits per heavy atom. The highest BCUT2D eigenvalue weighted by Gasteiger charge is 2.18. The van der Waals surface area contributed by atoms with Crippen molar-refractivity contribution >= 4 is 11.9 Å². The zero-order valence-electron chi connectivity index (χ0n) is 58.3. The van der Waals surface area contributed by atoms with Gasteiger partial charge in [-0.25, -0.2) is 0 Å². The van der Waals surface area contributed by atoms with Gasteiger partial charge in [-0.15, -0.1) is 0 Å². The van der Waals surface area contributed by atoms with Gasteiger partial charge in [-0.3, -0.25) is 9.59 Å². The van der Waals surface area contributed by atoms with Gasteiger partial charge in [0, 0.05) is 12.8 Å². The van der Waals surface area contributed by atoms with Crippen LogP contribution in [-0.4, -0.2) is 47.4 Å². The zero-order valence-corrected chi connectivity index (χ0v) is 58.3. The van der Waals surface area contributed by atoms with Crippen LogP contribution in [0.25, 0.3) is 0 Å². The molecule has 6 heteroatoms. The lowest BCUT2D eigenvalue weighted by molar-refractivity contribution is -0.143. The van der Waals surface area contributed by atoms with Gasteiger partial charge in [-0.05, 0) is 64.2 Å². The summed E-state index contributed by atoms with van der Waals surface area (Å²) in [5.41, 5.74) is 0. The van der Waals surface area contributed by atoms with Gasteiger partial charge in [0.05, 0.1) is 25.4 Å². The first-order valence-corrected chi connectivity index (χ1v) is 39.3. The fourth-order valence-corrected chi connectivity index (χ4v) is 12.4. The first-order valence-electron chi connectivity index (χ1n) is 39.3. The van der Waals surface area contributed by atoms with Crippen molar-refractivity contribution in [2.24, 2.45) is 0 Å². The maximum absolute atomic E-state index is 12.6. The van der Waals surface area contributed by atoms with E-state index in [4.69, 9.17) is 4.74 Å². The van der Waals surface area contributed by atoms with Gasteiger partial charge in [0.2, 0.25) is 5.91 Å². The van der Waals surface area contributed by atoms with Crippen LogP contribution >= 0.6 is 0 Å². The van der Waals surface area contributed by atoms with E-state index < -0.39 is 12.1 Å². The Morgan fingerprint density at radius 1 is 0.326 bits per heavy atom. The maximum atomic E-state index is 12.6. The van der Waals surface area contributed by atoms with Crippen LogP contribution in [0.5, 0.6) is 0 Å². The number of carbonyl (C=O) groups is 2. The van der Waals surface area contributed by atoms with Crippen LogP contribution in [0.15, 0.2) is 36.5 Å². The number of amides is 1. The van der Waals surface area contributed by atoms with E-state index in [0.29, 0.717) is 19.4 Å². The molecule has 2 atom stereocenters. The highest BCUT2D eigenvalue weighted by atomic mass is 16.5. The van der Waals surface area contributed by atoms with Crippen LogP contribution in [0.1, 0.15) is 438 Å². The average Bonchev–Trinajstić information content (AvgIpc) is 3.58. The maximum Gasteiger partial charge on any atom is 0.305 e. The van der Waals surface area contributed by atoms with Gasteiger partial charge in [0.15, 0.2) is 0 Å². The molecule has 0 aliphatic carbocycles. The van der Waals surface area contributed by atoms with Gasteiger partial charge in [-0.2, -0.15) is 0 Å². The zero-order chi connectivity index (χ0) is 62.0. The van der Waals surface area contributed by atoms with Crippen molar-refractivity contribution in [3.05, 3.63) is 36.5 Å². The second-order valence-electron chi connectivity index (χ2n) is 27.0. The van der Waals surface area contributed by atoms with Crippen LogP contribution < -0.4 is 5.32 Å². The molecule has 508 valence electrons. The van der Waals surface area contributed by atoms with E-state index in [-0.39, 0.29) is 18.5 Å². The topological polar surface area (TPSA) is 95.9 Å². The molecule has 86 heavy (non-hydrogen) atoms. The number of carbonyl (C=O) groups excluding carboxylic acids is 2. The molecule has 0 saturated carbocycles. The van der Waals surface area contributed by atoms with E-state index >= 15 is 0 Å². The summed E-state index contributed by atoms with van der Waals surface area (Å²) in [6, 6.07) is -0.628. The second-order valence-corrected chi connectivity index (χ2v) is 27.0. The first kappa shape index (κ1) is 84.1. The number of hydrogen-bond acceptors (Lipinski definition) is 5. The van der Waals surface area contributed by atoms with Crippen LogP contribution in [0.2, 0.25) is 0 Å². The molecule has 0 bridgehead atoms. The van der Waals surface area contributed by atoms with Crippen LogP contribution in [0.3, 0.4) is 0 Å². The van der Waals surface area contributed by atoms with E-state index in [0.717, 1.165) is 44.9 Å². The molecule has 3 N–H and O–H groups in total. The summed E-state index contributed by atoms with van der Waals surface area (Å²) in [5, 5.41) is 23.3. The molecule has 0 spiro atoms. The molecule has 6 nitrogen and oxygen atoms in total. The van der Waals surface area contributed by atoms with Gasteiger partial charge in [0.25, 0.3) is 0 Å². The predicted molar refractivity (Wildman–Crippen MR) is 379 cm³/mol. The third kappa shape index (κ3) is 71.2. The Kier molecular flexibility index (Phi) is 73.9. The van der Waals surface area contributed by atoms with E-state index in [1.807, 2.05) is 6.08 Å². The van der Waals surface area contributed by atoms with Gasteiger partial charge in [-0.1, -0.05) is 397 Å². The quantitative estimate of drug-likeness (QED) is 0.0320. The number of esters is 1. The number of allylic oxidation sites excluding steroid dienone is 5. The Bertz CT molecular complexity index is 1390. The van der Waals surface area contributed by atoms with Crippen molar-refractivity contribution in [1.82, 2.24) is 5.32 Å². The lowest BCUT2D eigenvalue weighted by atomic mass is 10.0. The minimum absolute atomic E-state index is 0.0142. The third-order valence-electron chi connectivity index (χ3n) is 18.4. The Hall–Kier alpha value is -1.92. The Labute approximate surface area is 538 Å². The van der Waals surface area contributed by atoms with Gasteiger partial charge in [0.1, 0.15) is 0 Å². The van der Waals surface area contributed by atoms with Crippen molar-refractivity contribution in [2.75, 3.05) is 13.2 Å². The van der Waals surface area contributed by atoms with Crippen molar-refractivity contribution in [3.8, 4) is 0 Å². The number of hydrogen-bond donors (Lipinski definition) is 3. The molecule has 0 rings (SSSR count). The minimum atomic E-state index is -0.845. The van der Waals surface area contributed by atoms with E-state index in [1.54, 1.807) is 6.08 Å². The van der Waals surface area contributed by atoms with E-state index in [2.05, 4.69) is 43.5 Å². The average molecular weight is 1210 g/mol. The number of ether oxygens (including phenoxy) is 1. The molecule has 2 unspecified atom stereocenters. The van der Waals surface area contributed by atoms with Crippen molar-refractivity contribution in [1.29, 1.82) is 0 Å². The van der Waals surface area contributed by atoms with Crippen LogP contribution in [0, 0.1) is 0 Å². The minimum Gasteiger partial charge on any atom is -0.466 e. The molecule has 1 amide bonds. The van der Waals surface area contributed by atoms with Crippen molar-refractivity contribution in [2.45, 2.75) is 450 Å². The summed E-state index contributed by atoms with van der Waals surface area (Å²) in [4.78, 5) is 24.6. The normalized spacial score (nSPS) is 12.7. The fraction of sp³-hybridized carbons (Fsp3) is 0.900. The molecule has 0 aliphatic heterocycles. The molecule has 0 aromatic rings. The van der Waals surface area contributed by atoms with Gasteiger partial charge < -0.3 is 20.3 Å². The Morgan fingerprint density at radius 3 is 0.884 bits per heavy atom. The molecule has 0 aliphatic rings. The molecular weight excluding hydrogens is 1050 g/mol. The number of unbranched alkanes of at least 4 members (excludes halogenated alkanes) is 59. The van der Waals surface area contributed by atoms with Crippen LogP contribution in [0.4, 0.5) is 0 Å². The number of aliphatic hydroxyl groups excluding tert-OH is 2. The standard InChI is InChI=1S/C80H153NO5/c1-3-5-7-9-11-13-15-16-17-18-19-20-21-31-34-37-40-43-46-49-53-56-60-64-68-72-78(83)77(76-82)81-79(84)73-69-65-61-57-54-50-47-44-41-38-35-32-29-27-25-23-22-24-26-28-30-33-36-39-42-45-48-51-55-59-63-67-71-75-86-80(85)74-70-66-62-58-52-14-12-10-8-6-4-2/h26,28,33,36,68,72,77-78,82-83H,3-25,27,29-32,34-35,37-67,69-71,73-76H2,1-2H3,(H,81,84)/b28-26-,36-33-,72-68+. The summed E-state index contributed by atoms with van der Waals surface area (Å²) in [5.74, 6) is -0.0468. The molecule has 0 radical (unpaired) electrons. The lowest BCUT2D eigenvalue weighted by Gasteiger charge is -2.20. The SMILES string of the molecule is CCCCCCCCCCCCCCCCCCCCCCCCC/C=C/C(O)C(CO)NC(=O)CCCCCCCCCCCCCCCCCCC/C=C\C/C=C\CCCCCCCCCCCOC(=O)CCCCCCCCCCCCC. The molecule has 0 saturated heterocycles. The highest BCUT2D eigenvalue weighted by Crippen LogP contribution is 2.19. The summed E-state index contributed by atoms with van der Waals surface area (Å²) in [6.07, 6.45) is 98.4. The van der Waals surface area contributed by atoms with Crippen molar-refractivity contribution < 1.29 is 24.5 Å². The summed E-state index contributed by atoms with van der Waals surface area (Å²) in [6.45, 7) is 4.94. The van der Waals surface area contributed by atoms with Crippen LogP contribution in [-0.2, 0) is 14.3 Å². The molecule has 0 aromatic heterocycles. The molecular formula is C80H153NO5. The summed E-state index contributed by atoms with van der Waals surface area (Å²) >= 11 is 0. The lowest BCUT2D eigenvalue weighted by Crippen LogP contribution is -2.45. The summed E-state index contributed by atoms with van der Waals surface area (Å²) < 4.78 is 5.47. The van der Waals surface area contributed by atoms with Crippen molar-refractivity contribution in [3.63, 3.8) is 0 Å². The smallest absolute Gasteiger partial charge is 0.305 e. The Balaban J connectivity index is 3.41. The predicted octanol–water partition coefficient (Wildman–Crippen LogP) is 25.8. The number of aliphatic hydroxyl groups is 2. The fourth-order valence-electron chi connectivity index (χ4n) is 12.4. The number of rotatable bonds is 74. The van der Waals surface area contributed by atoms with E-state index in [9.17, 15) is 19.8 Å². The molecule has 0 aromatic carbocycles. The third-order valence-corrected chi connectivity index (χ3v) is 18.4. The molecule has 0 heterocycles. The molecule has 0 fully saturated rings. The van der Waals surface area contributed by atoms with Gasteiger partial charge >= 0.3 is 5.97 Å². The monoisotopic (exact) mass is 1210 g/mol. The summed E-state index contributed by atoms with van der Waals surface area (Å²) in [7, 11) is 0. The van der Waals surface area contributed by atoms with E-state index in [1.165, 1.54) is 366 Å². The highest BCUT2D eigenvalue weighted by molar-refractivity contribution is 5.76. The number of nitrogens with one attached hydrogen (secondary N) is 1.